The smallest absolute Gasteiger partial charge is 0.0673 e. The van der Waals surface area contributed by atoms with Gasteiger partial charge in [-0.3, -0.25) is 0 Å². The molecule has 0 bridgehead atoms. The van der Waals surface area contributed by atoms with Crippen LogP contribution in [0.2, 0.25) is 0 Å². The van der Waals surface area contributed by atoms with Crippen molar-refractivity contribution in [2.75, 3.05) is 0 Å². The van der Waals surface area contributed by atoms with E-state index < -0.39 is 5.60 Å². The van der Waals surface area contributed by atoms with Crippen LogP contribution in [0.15, 0.2) is 0 Å². The van der Waals surface area contributed by atoms with Crippen molar-refractivity contribution in [3.8, 4) is 0 Å². The van der Waals surface area contributed by atoms with E-state index in [9.17, 15) is 5.11 Å². The second kappa shape index (κ2) is 9.94. The Labute approximate surface area is 109 Å². The predicted octanol–water partition coefficient (Wildman–Crippen LogP) is 5.31. The van der Waals surface area contributed by atoms with Crippen LogP contribution < -0.4 is 0 Å². The molecule has 1 N–H and O–H groups in total. The summed E-state index contributed by atoms with van der Waals surface area (Å²) in [5, 5.41) is 10.7. The minimum Gasteiger partial charge on any atom is -0.390 e. The van der Waals surface area contributed by atoms with Gasteiger partial charge in [0.1, 0.15) is 0 Å². The van der Waals surface area contributed by atoms with E-state index >= 15 is 0 Å². The topological polar surface area (TPSA) is 20.2 Å². The molecule has 0 aliphatic heterocycles. The predicted molar refractivity (Wildman–Crippen MR) is 77.3 cm³/mol. The fourth-order valence-corrected chi connectivity index (χ4v) is 2.93. The Morgan fingerprint density at radius 2 is 1.35 bits per heavy atom. The maximum absolute atomic E-state index is 10.7. The summed E-state index contributed by atoms with van der Waals surface area (Å²) in [5.41, 5.74) is -0.395. The Morgan fingerprint density at radius 3 is 1.82 bits per heavy atom. The molecule has 0 heterocycles. The van der Waals surface area contributed by atoms with Crippen molar-refractivity contribution in [2.24, 2.45) is 5.92 Å². The SMILES string of the molecule is CCCCCCCCC(O)(CC)C(CC)CC. The van der Waals surface area contributed by atoms with Crippen molar-refractivity contribution in [1.29, 1.82) is 0 Å². The number of hydrogen-bond donors (Lipinski definition) is 1. The van der Waals surface area contributed by atoms with Crippen LogP contribution in [0.1, 0.15) is 91.9 Å². The van der Waals surface area contributed by atoms with Crippen molar-refractivity contribution in [3.63, 3.8) is 0 Å². The first-order valence-corrected chi connectivity index (χ1v) is 7.86. The summed E-state index contributed by atoms with van der Waals surface area (Å²) in [6.45, 7) is 8.80. The average Bonchev–Trinajstić information content (AvgIpc) is 2.35. The maximum atomic E-state index is 10.7. The van der Waals surface area contributed by atoms with E-state index in [1.807, 2.05) is 0 Å². The molecule has 0 spiro atoms. The first-order valence-electron chi connectivity index (χ1n) is 7.86. The third-order valence-corrected chi connectivity index (χ3v) is 4.32. The van der Waals surface area contributed by atoms with Gasteiger partial charge in [0, 0.05) is 0 Å². The quantitative estimate of drug-likeness (QED) is 0.486. The van der Waals surface area contributed by atoms with Gasteiger partial charge < -0.3 is 5.11 Å². The van der Waals surface area contributed by atoms with Gasteiger partial charge in [-0.25, -0.2) is 0 Å². The van der Waals surface area contributed by atoms with Crippen molar-refractivity contribution >= 4 is 0 Å². The van der Waals surface area contributed by atoms with Crippen molar-refractivity contribution < 1.29 is 5.11 Å². The van der Waals surface area contributed by atoms with Gasteiger partial charge in [-0.1, -0.05) is 79.1 Å². The van der Waals surface area contributed by atoms with Gasteiger partial charge in [-0.2, -0.15) is 0 Å². The second-order valence-corrected chi connectivity index (χ2v) is 5.49. The molecule has 0 aliphatic rings. The lowest BCUT2D eigenvalue weighted by atomic mass is 9.78. The van der Waals surface area contributed by atoms with Crippen LogP contribution in [0.4, 0.5) is 0 Å². The van der Waals surface area contributed by atoms with Gasteiger partial charge in [0.05, 0.1) is 5.60 Å². The van der Waals surface area contributed by atoms with Crippen LogP contribution in [0.3, 0.4) is 0 Å². The molecule has 0 fully saturated rings. The monoisotopic (exact) mass is 242 g/mol. The molecule has 104 valence electrons. The Kier molecular flexibility index (Phi) is 9.91. The molecule has 0 aromatic heterocycles. The summed E-state index contributed by atoms with van der Waals surface area (Å²) in [4.78, 5) is 0. The molecule has 0 saturated carbocycles. The molecular weight excluding hydrogens is 208 g/mol. The molecule has 0 saturated heterocycles. The molecule has 1 heteroatoms. The maximum Gasteiger partial charge on any atom is 0.0673 e. The molecule has 0 rings (SSSR count). The summed E-state index contributed by atoms with van der Waals surface area (Å²) >= 11 is 0. The first kappa shape index (κ1) is 17.0. The number of unbranched alkanes of at least 4 members (excludes halogenated alkanes) is 5. The fourth-order valence-electron chi connectivity index (χ4n) is 2.93. The molecule has 1 atom stereocenters. The molecule has 1 nitrogen and oxygen atoms in total. The minimum absolute atomic E-state index is 0.395. The third kappa shape index (κ3) is 6.45. The normalized spacial score (nSPS) is 15.2. The highest BCUT2D eigenvalue weighted by Gasteiger charge is 2.31. The van der Waals surface area contributed by atoms with E-state index in [1.165, 1.54) is 38.5 Å². The minimum atomic E-state index is -0.395. The van der Waals surface area contributed by atoms with Gasteiger partial charge in [-0.15, -0.1) is 0 Å². The summed E-state index contributed by atoms with van der Waals surface area (Å²) < 4.78 is 0. The number of aliphatic hydroxyl groups is 1. The second-order valence-electron chi connectivity index (χ2n) is 5.49. The lowest BCUT2D eigenvalue weighted by Crippen LogP contribution is -2.36. The van der Waals surface area contributed by atoms with Gasteiger partial charge in [0.15, 0.2) is 0 Å². The average molecular weight is 242 g/mol. The van der Waals surface area contributed by atoms with Gasteiger partial charge in [0.2, 0.25) is 0 Å². The van der Waals surface area contributed by atoms with E-state index in [-0.39, 0.29) is 0 Å². The molecule has 17 heavy (non-hydrogen) atoms. The lowest BCUT2D eigenvalue weighted by molar-refractivity contribution is -0.0349. The highest BCUT2D eigenvalue weighted by Crippen LogP contribution is 2.32. The number of hydrogen-bond acceptors (Lipinski definition) is 1. The molecular formula is C16H34O. The summed E-state index contributed by atoms with van der Waals surface area (Å²) in [6, 6.07) is 0. The largest absolute Gasteiger partial charge is 0.390 e. The molecule has 0 radical (unpaired) electrons. The van der Waals surface area contributed by atoms with Crippen LogP contribution in [0.25, 0.3) is 0 Å². The van der Waals surface area contributed by atoms with Crippen LogP contribution in [-0.4, -0.2) is 10.7 Å². The molecule has 1 unspecified atom stereocenters. The molecule has 0 aliphatic carbocycles. The van der Waals surface area contributed by atoms with Crippen molar-refractivity contribution in [3.05, 3.63) is 0 Å². The summed E-state index contributed by atoms with van der Waals surface area (Å²) in [7, 11) is 0. The van der Waals surface area contributed by atoms with Gasteiger partial charge in [-0.05, 0) is 18.8 Å². The lowest BCUT2D eigenvalue weighted by Gasteiger charge is -2.34. The standard InChI is InChI=1S/C16H34O/c1-5-9-10-11-12-13-14-16(17,8-4)15(6-2)7-3/h15,17H,5-14H2,1-4H3. The van der Waals surface area contributed by atoms with Crippen molar-refractivity contribution in [1.82, 2.24) is 0 Å². The van der Waals surface area contributed by atoms with E-state index in [0.29, 0.717) is 5.92 Å². The van der Waals surface area contributed by atoms with Gasteiger partial charge >= 0.3 is 0 Å². The van der Waals surface area contributed by atoms with E-state index in [2.05, 4.69) is 27.7 Å². The Morgan fingerprint density at radius 1 is 0.824 bits per heavy atom. The molecule has 0 aromatic rings. The van der Waals surface area contributed by atoms with Gasteiger partial charge in [0.25, 0.3) is 0 Å². The summed E-state index contributed by atoms with van der Waals surface area (Å²) in [6.07, 6.45) is 12.0. The van der Waals surface area contributed by atoms with E-state index in [1.54, 1.807) is 0 Å². The summed E-state index contributed by atoms with van der Waals surface area (Å²) in [5.74, 6) is 0.489. The zero-order valence-corrected chi connectivity index (χ0v) is 12.6. The zero-order chi connectivity index (χ0) is 13.1. The van der Waals surface area contributed by atoms with Crippen LogP contribution >= 0.6 is 0 Å². The Hall–Kier alpha value is -0.0400. The highest BCUT2D eigenvalue weighted by atomic mass is 16.3. The first-order chi connectivity index (χ1) is 8.14. The Bertz CT molecular complexity index is 163. The van der Waals surface area contributed by atoms with E-state index in [0.717, 1.165) is 25.7 Å². The zero-order valence-electron chi connectivity index (χ0n) is 12.6. The van der Waals surface area contributed by atoms with Crippen molar-refractivity contribution in [2.45, 2.75) is 97.5 Å². The van der Waals surface area contributed by atoms with E-state index in [4.69, 9.17) is 0 Å². The van der Waals surface area contributed by atoms with Crippen LogP contribution in [0.5, 0.6) is 0 Å². The fraction of sp³-hybridized carbons (Fsp3) is 1.00. The highest BCUT2D eigenvalue weighted by molar-refractivity contribution is 4.83. The third-order valence-electron chi connectivity index (χ3n) is 4.32. The Balaban J connectivity index is 3.87. The molecule has 0 aromatic carbocycles. The molecule has 0 amide bonds. The van der Waals surface area contributed by atoms with Crippen LogP contribution in [-0.2, 0) is 0 Å². The number of rotatable bonds is 11. The van der Waals surface area contributed by atoms with Crippen LogP contribution in [0, 0.1) is 5.92 Å².